The molecule has 1 saturated heterocycles. The van der Waals surface area contributed by atoms with E-state index >= 15 is 0 Å². The van der Waals surface area contributed by atoms with Gasteiger partial charge in [0.05, 0.1) is 12.7 Å². The number of hydrogen-bond acceptors (Lipinski definition) is 3. The lowest BCUT2D eigenvalue weighted by Gasteiger charge is -2.30. The van der Waals surface area contributed by atoms with Crippen molar-refractivity contribution in [2.45, 2.75) is 32.8 Å². The molecule has 2 atom stereocenters. The molecule has 2 rings (SSSR count). The molecule has 0 aromatic heterocycles. The molecule has 1 aromatic rings. The lowest BCUT2D eigenvalue weighted by Crippen LogP contribution is -2.31. The molecule has 1 aliphatic rings. The van der Waals surface area contributed by atoms with Gasteiger partial charge in [0.15, 0.2) is 0 Å². The summed E-state index contributed by atoms with van der Waals surface area (Å²) in [4.78, 5) is 2.10. The topological polar surface area (TPSA) is 32.7 Å². The summed E-state index contributed by atoms with van der Waals surface area (Å²) in [5.74, 6) is 0.236. The first kappa shape index (κ1) is 15.3. The average molecular weight is 281 g/mol. The van der Waals surface area contributed by atoms with E-state index in [1.165, 1.54) is 6.07 Å². The van der Waals surface area contributed by atoms with Crippen LogP contribution in [0.15, 0.2) is 12.1 Å². The van der Waals surface area contributed by atoms with Gasteiger partial charge >= 0.3 is 0 Å². The van der Waals surface area contributed by atoms with Crippen LogP contribution in [-0.2, 0) is 4.74 Å². The van der Waals surface area contributed by atoms with Crippen LogP contribution in [0.2, 0.25) is 0 Å². The maximum atomic E-state index is 13.7. The van der Waals surface area contributed by atoms with E-state index in [4.69, 9.17) is 4.74 Å². The van der Waals surface area contributed by atoms with Gasteiger partial charge in [-0.1, -0.05) is 0 Å². The van der Waals surface area contributed by atoms with Crippen LogP contribution in [0.4, 0.5) is 10.1 Å². The Kier molecular flexibility index (Phi) is 5.00. The predicted octanol–water partition coefficient (Wildman–Crippen LogP) is 3.05. The molecule has 1 heterocycles. The normalized spacial score (nSPS) is 20.8. The highest BCUT2D eigenvalue weighted by atomic mass is 19.1. The number of ether oxygens (including phenoxy) is 1. The van der Waals surface area contributed by atoms with E-state index in [1.807, 2.05) is 13.1 Å². The second kappa shape index (κ2) is 6.55. The molecule has 1 fully saturated rings. The van der Waals surface area contributed by atoms with Crippen LogP contribution in [0.3, 0.4) is 0 Å². The Hall–Kier alpha value is -1.13. The number of aryl methyl sites for hydroxylation is 1. The standard InChI is InChI=1S/C16H24FNO2/c1-11-7-16(14(12(2)19)8-15(11)17)18(3)9-13-5-4-6-20-10-13/h7-8,12-13,19H,4-6,9-10H2,1-3H3/t12-,13?/m1/s1. The van der Waals surface area contributed by atoms with Crippen LogP contribution < -0.4 is 4.90 Å². The van der Waals surface area contributed by atoms with Crippen LogP contribution in [0.25, 0.3) is 0 Å². The molecular weight excluding hydrogens is 257 g/mol. The van der Waals surface area contributed by atoms with Gasteiger partial charge < -0.3 is 14.7 Å². The van der Waals surface area contributed by atoms with E-state index in [2.05, 4.69) is 4.90 Å². The van der Waals surface area contributed by atoms with Gasteiger partial charge in [0.1, 0.15) is 5.82 Å². The summed E-state index contributed by atoms with van der Waals surface area (Å²) in [5.41, 5.74) is 2.16. The predicted molar refractivity (Wildman–Crippen MR) is 78.6 cm³/mol. The van der Waals surface area contributed by atoms with Crippen molar-refractivity contribution >= 4 is 5.69 Å². The van der Waals surface area contributed by atoms with Crippen LogP contribution in [0.5, 0.6) is 0 Å². The minimum atomic E-state index is -0.676. The van der Waals surface area contributed by atoms with Gasteiger partial charge in [-0.25, -0.2) is 4.39 Å². The minimum absolute atomic E-state index is 0.265. The summed E-state index contributed by atoms with van der Waals surface area (Å²) in [6.07, 6.45) is 1.59. The maximum absolute atomic E-state index is 13.7. The molecule has 1 unspecified atom stereocenters. The van der Waals surface area contributed by atoms with Gasteiger partial charge in [-0.2, -0.15) is 0 Å². The molecule has 1 N–H and O–H groups in total. The second-order valence-electron chi connectivity index (χ2n) is 5.80. The third-order valence-corrected chi connectivity index (χ3v) is 3.96. The number of aliphatic hydroxyl groups is 1. The van der Waals surface area contributed by atoms with Gasteiger partial charge in [0, 0.05) is 31.5 Å². The molecule has 0 amide bonds. The number of rotatable bonds is 4. The molecule has 4 heteroatoms. The molecular formula is C16H24FNO2. The smallest absolute Gasteiger partial charge is 0.126 e. The van der Waals surface area contributed by atoms with E-state index in [-0.39, 0.29) is 5.82 Å². The van der Waals surface area contributed by atoms with Crippen LogP contribution in [0, 0.1) is 18.7 Å². The van der Waals surface area contributed by atoms with Crippen LogP contribution in [0.1, 0.15) is 37.0 Å². The second-order valence-corrected chi connectivity index (χ2v) is 5.80. The minimum Gasteiger partial charge on any atom is -0.389 e. The Balaban J connectivity index is 2.19. The molecule has 0 saturated carbocycles. The molecule has 1 aromatic carbocycles. The van der Waals surface area contributed by atoms with Gasteiger partial charge in [-0.15, -0.1) is 0 Å². The quantitative estimate of drug-likeness (QED) is 0.920. The summed E-state index contributed by atoms with van der Waals surface area (Å²) in [7, 11) is 1.99. The van der Waals surface area contributed by atoms with E-state index < -0.39 is 6.10 Å². The van der Waals surface area contributed by atoms with E-state index in [0.29, 0.717) is 17.0 Å². The number of nitrogens with zero attached hydrogens (tertiary/aromatic N) is 1. The fourth-order valence-corrected chi connectivity index (χ4v) is 2.78. The van der Waals surface area contributed by atoms with Crippen molar-refractivity contribution in [1.82, 2.24) is 0 Å². The SMILES string of the molecule is Cc1cc(N(C)CC2CCCOC2)c([C@@H](C)O)cc1F. The lowest BCUT2D eigenvalue weighted by molar-refractivity contribution is 0.0576. The Bertz CT molecular complexity index is 456. The van der Waals surface area contributed by atoms with Crippen molar-refractivity contribution in [2.75, 3.05) is 31.7 Å². The van der Waals surface area contributed by atoms with E-state index in [1.54, 1.807) is 13.8 Å². The fourth-order valence-electron chi connectivity index (χ4n) is 2.78. The number of halogens is 1. The highest BCUT2D eigenvalue weighted by molar-refractivity contribution is 5.56. The third kappa shape index (κ3) is 3.49. The zero-order valence-electron chi connectivity index (χ0n) is 12.5. The Morgan fingerprint density at radius 2 is 2.25 bits per heavy atom. The molecule has 0 aliphatic carbocycles. The van der Waals surface area contributed by atoms with Gasteiger partial charge in [-0.05, 0) is 50.3 Å². The summed E-state index contributed by atoms with van der Waals surface area (Å²) >= 11 is 0. The average Bonchev–Trinajstić information content (AvgIpc) is 2.42. The van der Waals surface area contributed by atoms with Gasteiger partial charge in [-0.3, -0.25) is 0 Å². The number of hydrogen-bond donors (Lipinski definition) is 1. The van der Waals surface area contributed by atoms with Crippen molar-refractivity contribution in [1.29, 1.82) is 0 Å². The monoisotopic (exact) mass is 281 g/mol. The van der Waals surface area contributed by atoms with Crippen molar-refractivity contribution < 1.29 is 14.2 Å². The molecule has 0 radical (unpaired) electrons. The lowest BCUT2D eigenvalue weighted by atomic mass is 9.99. The highest BCUT2D eigenvalue weighted by Crippen LogP contribution is 2.29. The Labute approximate surface area is 120 Å². The number of benzene rings is 1. The third-order valence-electron chi connectivity index (χ3n) is 3.96. The van der Waals surface area contributed by atoms with Gasteiger partial charge in [0.25, 0.3) is 0 Å². The summed E-state index contributed by atoms with van der Waals surface area (Å²) in [6.45, 7) is 5.93. The zero-order valence-corrected chi connectivity index (χ0v) is 12.5. The van der Waals surface area contributed by atoms with Crippen LogP contribution >= 0.6 is 0 Å². The largest absolute Gasteiger partial charge is 0.389 e. The van der Waals surface area contributed by atoms with E-state index in [9.17, 15) is 9.50 Å². The molecule has 112 valence electrons. The van der Waals surface area contributed by atoms with Crippen LogP contribution in [-0.4, -0.2) is 31.9 Å². The summed E-state index contributed by atoms with van der Waals surface area (Å²) in [5, 5.41) is 9.86. The molecule has 0 spiro atoms. The highest BCUT2D eigenvalue weighted by Gasteiger charge is 2.19. The first-order chi connectivity index (χ1) is 9.49. The molecule has 0 bridgehead atoms. The number of aliphatic hydroxyl groups excluding tert-OH is 1. The molecule has 1 aliphatic heterocycles. The fraction of sp³-hybridized carbons (Fsp3) is 0.625. The Morgan fingerprint density at radius 3 is 2.85 bits per heavy atom. The zero-order chi connectivity index (χ0) is 14.7. The maximum Gasteiger partial charge on any atom is 0.126 e. The molecule has 20 heavy (non-hydrogen) atoms. The van der Waals surface area contributed by atoms with Gasteiger partial charge in [0.2, 0.25) is 0 Å². The Morgan fingerprint density at radius 1 is 1.50 bits per heavy atom. The first-order valence-electron chi connectivity index (χ1n) is 7.26. The first-order valence-corrected chi connectivity index (χ1v) is 7.26. The number of anilines is 1. The van der Waals surface area contributed by atoms with Crippen molar-refractivity contribution in [3.63, 3.8) is 0 Å². The van der Waals surface area contributed by atoms with E-state index in [0.717, 1.165) is 38.3 Å². The summed E-state index contributed by atoms with van der Waals surface area (Å²) in [6, 6.07) is 3.27. The molecule has 3 nitrogen and oxygen atoms in total. The van der Waals surface area contributed by atoms with Crippen molar-refractivity contribution in [2.24, 2.45) is 5.92 Å². The van der Waals surface area contributed by atoms with Crippen molar-refractivity contribution in [3.8, 4) is 0 Å². The summed E-state index contributed by atoms with van der Waals surface area (Å²) < 4.78 is 19.2. The van der Waals surface area contributed by atoms with Crippen molar-refractivity contribution in [3.05, 3.63) is 29.1 Å².